The van der Waals surface area contributed by atoms with Crippen LogP contribution in [-0.4, -0.2) is 22.4 Å². The van der Waals surface area contributed by atoms with Gasteiger partial charge in [-0.25, -0.2) is 0 Å². The van der Waals surface area contributed by atoms with Crippen molar-refractivity contribution >= 4 is 23.0 Å². The van der Waals surface area contributed by atoms with Gasteiger partial charge in [-0.15, -0.1) is 0 Å². The van der Waals surface area contributed by atoms with Gasteiger partial charge in [0, 0.05) is 12.7 Å². The SMILES string of the molecule is CCNC(=S)NN=C(C)c1ccccn1.[Cu+2]. The average molecular weight is 286 g/mol. The van der Waals surface area contributed by atoms with E-state index in [4.69, 9.17) is 12.2 Å². The van der Waals surface area contributed by atoms with Crippen molar-refractivity contribution in [3.63, 3.8) is 0 Å². The number of hydrogen-bond donors (Lipinski definition) is 2. The standard InChI is InChI=1S/C10H14N4S.Cu/c1-3-11-10(15)14-13-8(2)9-6-4-5-7-12-9;/h4-7H,3H2,1-2H3,(H2,11,14,15);/q;+2. The normalized spacial score (nSPS) is 10.2. The fourth-order valence-electron chi connectivity index (χ4n) is 0.969. The van der Waals surface area contributed by atoms with Gasteiger partial charge in [0.25, 0.3) is 0 Å². The van der Waals surface area contributed by atoms with Gasteiger partial charge in [-0.05, 0) is 38.2 Å². The number of aromatic nitrogens is 1. The summed E-state index contributed by atoms with van der Waals surface area (Å²) in [5, 5.41) is 7.58. The first-order valence-corrected chi connectivity index (χ1v) is 5.14. The van der Waals surface area contributed by atoms with Crippen molar-refractivity contribution in [2.75, 3.05) is 6.54 Å². The van der Waals surface area contributed by atoms with Gasteiger partial charge in [0.2, 0.25) is 0 Å². The van der Waals surface area contributed by atoms with E-state index in [9.17, 15) is 0 Å². The molecule has 1 heterocycles. The quantitative estimate of drug-likeness (QED) is 0.380. The van der Waals surface area contributed by atoms with Crippen molar-refractivity contribution in [1.82, 2.24) is 15.7 Å². The maximum absolute atomic E-state index is 4.97. The Kier molecular flexibility index (Phi) is 7.71. The van der Waals surface area contributed by atoms with Crippen LogP contribution in [0.25, 0.3) is 0 Å². The molecule has 6 heteroatoms. The Morgan fingerprint density at radius 1 is 1.50 bits per heavy atom. The van der Waals surface area contributed by atoms with E-state index < -0.39 is 0 Å². The van der Waals surface area contributed by atoms with Crippen molar-refractivity contribution in [2.45, 2.75) is 13.8 Å². The number of pyridine rings is 1. The zero-order valence-corrected chi connectivity index (χ0v) is 10.9. The van der Waals surface area contributed by atoms with E-state index in [0.717, 1.165) is 18.0 Å². The minimum absolute atomic E-state index is 0. The third-order valence-electron chi connectivity index (χ3n) is 1.70. The van der Waals surface area contributed by atoms with Gasteiger partial charge in [0.05, 0.1) is 11.4 Å². The molecule has 0 aromatic carbocycles. The van der Waals surface area contributed by atoms with E-state index in [1.165, 1.54) is 0 Å². The Labute approximate surface area is 111 Å². The fraction of sp³-hybridized carbons (Fsp3) is 0.300. The molecule has 89 valence electrons. The zero-order valence-electron chi connectivity index (χ0n) is 9.12. The molecule has 0 unspecified atom stereocenters. The molecule has 0 aliphatic heterocycles. The molecule has 0 amide bonds. The summed E-state index contributed by atoms with van der Waals surface area (Å²) in [7, 11) is 0. The molecule has 0 atom stereocenters. The van der Waals surface area contributed by atoms with Gasteiger partial charge in [0.1, 0.15) is 0 Å². The van der Waals surface area contributed by atoms with E-state index >= 15 is 0 Å². The molecular weight excluding hydrogens is 272 g/mol. The summed E-state index contributed by atoms with van der Waals surface area (Å²) >= 11 is 4.97. The summed E-state index contributed by atoms with van der Waals surface area (Å²) in [4.78, 5) is 4.17. The summed E-state index contributed by atoms with van der Waals surface area (Å²) in [5.74, 6) is 0. The molecule has 1 aromatic rings. The Balaban J connectivity index is 0.00000225. The Morgan fingerprint density at radius 2 is 2.25 bits per heavy atom. The Morgan fingerprint density at radius 3 is 2.81 bits per heavy atom. The van der Waals surface area contributed by atoms with Crippen molar-refractivity contribution in [3.8, 4) is 0 Å². The number of hydrazone groups is 1. The van der Waals surface area contributed by atoms with Gasteiger partial charge in [-0.1, -0.05) is 6.07 Å². The van der Waals surface area contributed by atoms with E-state index in [0.29, 0.717) is 5.11 Å². The third kappa shape index (κ3) is 5.21. The predicted octanol–water partition coefficient (Wildman–Crippen LogP) is 1.29. The molecule has 0 fully saturated rings. The molecule has 0 saturated heterocycles. The van der Waals surface area contributed by atoms with Crippen molar-refractivity contribution in [3.05, 3.63) is 30.1 Å². The third-order valence-corrected chi connectivity index (χ3v) is 1.93. The van der Waals surface area contributed by atoms with Crippen LogP contribution in [0.1, 0.15) is 19.5 Å². The average Bonchev–Trinajstić information content (AvgIpc) is 2.27. The molecule has 0 saturated carbocycles. The molecular formula is C10H14CuN4S+2. The van der Waals surface area contributed by atoms with Gasteiger partial charge in [0.15, 0.2) is 5.11 Å². The van der Waals surface area contributed by atoms with Crippen LogP contribution in [0.5, 0.6) is 0 Å². The minimum atomic E-state index is 0. The molecule has 1 rings (SSSR count). The Hall–Kier alpha value is -0.971. The maximum atomic E-state index is 4.97. The maximum Gasteiger partial charge on any atom is 2.00 e. The van der Waals surface area contributed by atoms with Gasteiger partial charge in [-0.3, -0.25) is 10.4 Å². The van der Waals surface area contributed by atoms with E-state index in [1.807, 2.05) is 32.0 Å². The molecule has 1 radical (unpaired) electrons. The second-order valence-corrected chi connectivity index (χ2v) is 3.29. The number of nitrogens with zero attached hydrogens (tertiary/aromatic N) is 2. The van der Waals surface area contributed by atoms with Crippen LogP contribution in [-0.2, 0) is 17.1 Å². The smallest absolute Gasteiger partial charge is 0.362 e. The van der Waals surface area contributed by atoms with Crippen LogP contribution in [0.4, 0.5) is 0 Å². The topological polar surface area (TPSA) is 49.3 Å². The van der Waals surface area contributed by atoms with Crippen LogP contribution < -0.4 is 10.7 Å². The Bertz CT molecular complexity index is 353. The van der Waals surface area contributed by atoms with Crippen molar-refractivity contribution < 1.29 is 17.1 Å². The number of rotatable bonds is 3. The number of nitrogens with one attached hydrogen (secondary N) is 2. The van der Waals surface area contributed by atoms with Gasteiger partial charge in [-0.2, -0.15) is 5.10 Å². The van der Waals surface area contributed by atoms with E-state index in [2.05, 4.69) is 20.8 Å². The first-order valence-electron chi connectivity index (χ1n) is 4.73. The van der Waals surface area contributed by atoms with Crippen molar-refractivity contribution in [1.29, 1.82) is 0 Å². The monoisotopic (exact) mass is 285 g/mol. The zero-order chi connectivity index (χ0) is 11.1. The van der Waals surface area contributed by atoms with Gasteiger partial charge < -0.3 is 5.32 Å². The summed E-state index contributed by atoms with van der Waals surface area (Å²) in [6.45, 7) is 4.64. The molecule has 2 N–H and O–H groups in total. The molecule has 0 spiro atoms. The molecule has 0 bridgehead atoms. The van der Waals surface area contributed by atoms with Gasteiger partial charge >= 0.3 is 17.1 Å². The number of hydrogen-bond acceptors (Lipinski definition) is 3. The van der Waals surface area contributed by atoms with E-state index in [1.54, 1.807) is 6.20 Å². The first kappa shape index (κ1) is 15.0. The van der Waals surface area contributed by atoms with Crippen LogP contribution in [0, 0.1) is 0 Å². The summed E-state index contributed by atoms with van der Waals surface area (Å²) in [6.07, 6.45) is 1.73. The fourth-order valence-corrected chi connectivity index (χ4v) is 1.16. The molecule has 0 aliphatic carbocycles. The second-order valence-electron chi connectivity index (χ2n) is 2.88. The molecule has 1 aromatic heterocycles. The summed E-state index contributed by atoms with van der Waals surface area (Å²) in [6, 6.07) is 5.69. The summed E-state index contributed by atoms with van der Waals surface area (Å²) < 4.78 is 0. The van der Waals surface area contributed by atoms with Crippen LogP contribution in [0.2, 0.25) is 0 Å². The molecule has 16 heavy (non-hydrogen) atoms. The largest absolute Gasteiger partial charge is 2.00 e. The minimum Gasteiger partial charge on any atom is -0.362 e. The molecule has 0 aliphatic rings. The van der Waals surface area contributed by atoms with Crippen LogP contribution in [0.15, 0.2) is 29.5 Å². The van der Waals surface area contributed by atoms with Crippen LogP contribution >= 0.6 is 12.2 Å². The van der Waals surface area contributed by atoms with Crippen molar-refractivity contribution in [2.24, 2.45) is 5.10 Å². The first-order chi connectivity index (χ1) is 7.24. The van der Waals surface area contributed by atoms with E-state index in [-0.39, 0.29) is 17.1 Å². The molecule has 4 nitrogen and oxygen atoms in total. The van der Waals surface area contributed by atoms with Crippen LogP contribution in [0.3, 0.4) is 0 Å². The second kappa shape index (κ2) is 8.21. The predicted molar refractivity (Wildman–Crippen MR) is 65.9 cm³/mol. The number of thiocarbonyl (C=S) groups is 1. The summed E-state index contributed by atoms with van der Waals surface area (Å²) in [5.41, 5.74) is 4.39.